The summed E-state index contributed by atoms with van der Waals surface area (Å²) in [7, 11) is 1.85. The molecular formula is C19H20N4OS. The van der Waals surface area contributed by atoms with Gasteiger partial charge in [-0.1, -0.05) is 18.2 Å². The molecule has 0 fully saturated rings. The molecule has 0 aliphatic heterocycles. The summed E-state index contributed by atoms with van der Waals surface area (Å²) < 4.78 is 1.73. The lowest BCUT2D eigenvalue weighted by Gasteiger charge is -2.20. The Morgan fingerprint density at radius 3 is 2.68 bits per heavy atom. The fraction of sp³-hybridized carbons (Fsp3) is 0.211. The van der Waals surface area contributed by atoms with Gasteiger partial charge in [0.25, 0.3) is 5.91 Å². The van der Waals surface area contributed by atoms with Crippen LogP contribution in [0.25, 0.3) is 21.6 Å². The molecule has 0 aromatic carbocycles. The van der Waals surface area contributed by atoms with Crippen molar-refractivity contribution < 1.29 is 4.79 Å². The van der Waals surface area contributed by atoms with Crippen LogP contribution in [0.15, 0.2) is 48.9 Å². The highest BCUT2D eigenvalue weighted by Crippen LogP contribution is 2.29. The quantitative estimate of drug-likeness (QED) is 0.634. The van der Waals surface area contributed by atoms with Crippen LogP contribution in [0.4, 0.5) is 0 Å². The molecule has 0 spiro atoms. The van der Waals surface area contributed by atoms with Gasteiger partial charge in [-0.2, -0.15) is 5.10 Å². The third-order valence-corrected chi connectivity index (χ3v) is 4.85. The van der Waals surface area contributed by atoms with Crippen molar-refractivity contribution in [3.05, 3.63) is 60.1 Å². The number of aryl methyl sites for hydroxylation is 2. The van der Waals surface area contributed by atoms with E-state index in [1.54, 1.807) is 33.1 Å². The molecule has 0 radical (unpaired) electrons. The van der Waals surface area contributed by atoms with Crippen molar-refractivity contribution in [2.75, 3.05) is 13.1 Å². The Kier molecular flexibility index (Phi) is 4.81. The first-order chi connectivity index (χ1) is 12.1. The predicted molar refractivity (Wildman–Crippen MR) is 103 cm³/mol. The summed E-state index contributed by atoms with van der Waals surface area (Å²) in [6.45, 7) is 10.3. The molecule has 0 bridgehead atoms. The van der Waals surface area contributed by atoms with Crippen LogP contribution in [-0.4, -0.2) is 38.7 Å². The molecule has 5 nitrogen and oxygen atoms in total. The summed E-state index contributed by atoms with van der Waals surface area (Å²) >= 11 is 1.60. The summed E-state index contributed by atoms with van der Waals surface area (Å²) in [5, 5.41) is 7.25. The summed E-state index contributed by atoms with van der Waals surface area (Å²) in [5.41, 5.74) is 2.90. The molecule has 1 amide bonds. The minimum atomic E-state index is -0.0684. The molecular weight excluding hydrogens is 332 g/mol. The first-order valence-electron chi connectivity index (χ1n) is 7.96. The highest BCUT2D eigenvalue weighted by atomic mass is 32.1. The van der Waals surface area contributed by atoms with Gasteiger partial charge in [0.05, 0.1) is 27.2 Å². The molecule has 3 heterocycles. The molecule has 25 heavy (non-hydrogen) atoms. The van der Waals surface area contributed by atoms with Gasteiger partial charge in [0.1, 0.15) is 0 Å². The number of hydrogen-bond donors (Lipinski definition) is 0. The maximum atomic E-state index is 13.2. The monoisotopic (exact) mass is 352 g/mol. The number of rotatable bonds is 6. The fourth-order valence-corrected chi connectivity index (χ4v) is 3.57. The molecule has 0 unspecified atom stereocenters. The first-order valence-corrected chi connectivity index (χ1v) is 8.84. The zero-order chi connectivity index (χ0) is 18.0. The summed E-state index contributed by atoms with van der Waals surface area (Å²) in [4.78, 5) is 20.7. The van der Waals surface area contributed by atoms with Crippen LogP contribution in [0.3, 0.4) is 0 Å². The largest absolute Gasteiger partial charge is 0.331 e. The van der Waals surface area contributed by atoms with E-state index in [2.05, 4.69) is 18.3 Å². The van der Waals surface area contributed by atoms with Crippen LogP contribution in [-0.2, 0) is 7.05 Å². The minimum absolute atomic E-state index is 0.0684. The van der Waals surface area contributed by atoms with Crippen molar-refractivity contribution in [2.24, 2.45) is 7.05 Å². The number of hydrogen-bond acceptors (Lipinski definition) is 4. The van der Waals surface area contributed by atoms with E-state index in [0.29, 0.717) is 24.3 Å². The Hall–Kier alpha value is -2.73. The predicted octanol–water partition coefficient (Wildman–Crippen LogP) is 3.82. The normalized spacial score (nSPS) is 10.8. The van der Waals surface area contributed by atoms with E-state index < -0.39 is 0 Å². The van der Waals surface area contributed by atoms with Gasteiger partial charge in [-0.3, -0.25) is 9.48 Å². The van der Waals surface area contributed by atoms with Crippen LogP contribution >= 0.6 is 11.3 Å². The van der Waals surface area contributed by atoms with Crippen molar-refractivity contribution in [1.29, 1.82) is 0 Å². The minimum Gasteiger partial charge on any atom is -0.331 e. The lowest BCUT2D eigenvalue weighted by Crippen LogP contribution is -2.31. The molecule has 3 rings (SSSR count). The standard InChI is InChI=1S/C19H20N4OS/c1-5-9-23(10-6-2)19(24)14-12-15(16-8-7-11-25-16)20-18-17(14)13(3)21-22(18)4/h5-8,11-12H,1-2,9-10H2,3-4H3. The Labute approximate surface area is 150 Å². The number of carbonyl (C=O) groups excluding carboxylic acids is 1. The van der Waals surface area contributed by atoms with Gasteiger partial charge in [-0.05, 0) is 24.4 Å². The van der Waals surface area contributed by atoms with Gasteiger partial charge < -0.3 is 4.90 Å². The Morgan fingerprint density at radius 1 is 1.36 bits per heavy atom. The highest BCUT2D eigenvalue weighted by Gasteiger charge is 2.22. The number of pyridine rings is 1. The second-order valence-corrected chi connectivity index (χ2v) is 6.68. The van der Waals surface area contributed by atoms with Crippen LogP contribution in [0, 0.1) is 6.92 Å². The van der Waals surface area contributed by atoms with E-state index in [4.69, 9.17) is 4.98 Å². The molecule has 128 valence electrons. The molecule has 0 aliphatic carbocycles. The third kappa shape index (κ3) is 3.13. The molecule has 3 aromatic heterocycles. The fourth-order valence-electron chi connectivity index (χ4n) is 2.89. The molecule has 3 aromatic rings. The molecule has 0 saturated heterocycles. The number of fused-ring (bicyclic) bond motifs is 1. The SMILES string of the molecule is C=CCN(CC=C)C(=O)c1cc(-c2cccs2)nc2c1c(C)nn2C. The van der Waals surface area contributed by atoms with Crippen molar-refractivity contribution in [1.82, 2.24) is 19.7 Å². The van der Waals surface area contributed by atoms with Gasteiger partial charge in [-0.15, -0.1) is 24.5 Å². The number of carbonyl (C=O) groups is 1. The molecule has 0 saturated carbocycles. The lowest BCUT2D eigenvalue weighted by atomic mass is 10.1. The zero-order valence-corrected chi connectivity index (χ0v) is 15.2. The van der Waals surface area contributed by atoms with E-state index >= 15 is 0 Å². The number of thiophene rings is 1. The second-order valence-electron chi connectivity index (χ2n) is 5.73. The summed E-state index contributed by atoms with van der Waals surface area (Å²) in [6.07, 6.45) is 3.44. The van der Waals surface area contributed by atoms with Gasteiger partial charge in [0.15, 0.2) is 5.65 Å². The molecule has 0 aliphatic rings. The Balaban J connectivity index is 2.22. The van der Waals surface area contributed by atoms with Crippen molar-refractivity contribution in [2.45, 2.75) is 6.92 Å². The Morgan fingerprint density at radius 2 is 2.08 bits per heavy atom. The van der Waals surface area contributed by atoms with E-state index in [1.807, 2.05) is 37.6 Å². The van der Waals surface area contributed by atoms with Crippen molar-refractivity contribution in [3.8, 4) is 10.6 Å². The topological polar surface area (TPSA) is 51.0 Å². The molecule has 0 N–H and O–H groups in total. The first kappa shape index (κ1) is 17.1. The Bertz CT molecular complexity index is 930. The van der Waals surface area contributed by atoms with Crippen LogP contribution < -0.4 is 0 Å². The van der Waals surface area contributed by atoms with Gasteiger partial charge >= 0.3 is 0 Å². The zero-order valence-electron chi connectivity index (χ0n) is 14.4. The average Bonchev–Trinajstić information content (AvgIpc) is 3.22. The number of aromatic nitrogens is 3. The van der Waals surface area contributed by atoms with Crippen LogP contribution in [0.5, 0.6) is 0 Å². The number of nitrogens with zero attached hydrogens (tertiary/aromatic N) is 4. The van der Waals surface area contributed by atoms with E-state index in [-0.39, 0.29) is 5.91 Å². The lowest BCUT2D eigenvalue weighted by molar-refractivity contribution is 0.0792. The van der Waals surface area contributed by atoms with Crippen molar-refractivity contribution >= 4 is 28.3 Å². The van der Waals surface area contributed by atoms with E-state index in [0.717, 1.165) is 21.7 Å². The molecule has 0 atom stereocenters. The maximum Gasteiger partial charge on any atom is 0.255 e. The van der Waals surface area contributed by atoms with Crippen molar-refractivity contribution in [3.63, 3.8) is 0 Å². The van der Waals surface area contributed by atoms with Gasteiger partial charge in [0, 0.05) is 20.1 Å². The molecule has 6 heteroatoms. The van der Waals surface area contributed by atoms with Gasteiger partial charge in [0.2, 0.25) is 0 Å². The highest BCUT2D eigenvalue weighted by molar-refractivity contribution is 7.13. The van der Waals surface area contributed by atoms with Crippen LogP contribution in [0.1, 0.15) is 16.1 Å². The van der Waals surface area contributed by atoms with Gasteiger partial charge in [-0.25, -0.2) is 4.98 Å². The van der Waals surface area contributed by atoms with E-state index in [1.165, 1.54) is 0 Å². The second kappa shape index (κ2) is 7.03. The smallest absolute Gasteiger partial charge is 0.255 e. The number of amides is 1. The third-order valence-electron chi connectivity index (χ3n) is 3.96. The average molecular weight is 352 g/mol. The van der Waals surface area contributed by atoms with E-state index in [9.17, 15) is 4.79 Å². The summed E-state index contributed by atoms with van der Waals surface area (Å²) in [5.74, 6) is -0.0684. The maximum absolute atomic E-state index is 13.2. The van der Waals surface area contributed by atoms with Crippen LogP contribution in [0.2, 0.25) is 0 Å². The summed E-state index contributed by atoms with van der Waals surface area (Å²) in [6, 6.07) is 5.84.